The van der Waals surface area contributed by atoms with Gasteiger partial charge in [-0.25, -0.2) is 8.42 Å². The average Bonchev–Trinajstić information content (AvgIpc) is 2.60. The van der Waals surface area contributed by atoms with E-state index in [2.05, 4.69) is 15.4 Å². The number of alkyl halides is 3. The van der Waals surface area contributed by atoms with Gasteiger partial charge in [0.05, 0.1) is 11.3 Å². The Hall–Kier alpha value is -2.59. The predicted molar refractivity (Wildman–Crippen MR) is 93.6 cm³/mol. The molecule has 0 bridgehead atoms. The second kappa shape index (κ2) is 6.86. The summed E-state index contributed by atoms with van der Waals surface area (Å²) in [7, 11) is -4.15. The number of sulfonamides is 1. The molecule has 2 aromatic carbocycles. The summed E-state index contributed by atoms with van der Waals surface area (Å²) < 4.78 is 65.5. The van der Waals surface area contributed by atoms with Crippen LogP contribution in [0.1, 0.15) is 18.1 Å². The van der Waals surface area contributed by atoms with Gasteiger partial charge in [-0.15, -0.1) is 0 Å². The number of para-hydroxylation sites is 1. The molecule has 2 aromatic rings. The highest BCUT2D eigenvalue weighted by Gasteiger charge is 2.37. The molecule has 1 aliphatic rings. The van der Waals surface area contributed by atoms with Gasteiger partial charge in [-0.1, -0.05) is 25.1 Å². The van der Waals surface area contributed by atoms with Gasteiger partial charge < -0.3 is 10.6 Å². The van der Waals surface area contributed by atoms with E-state index in [1.54, 1.807) is 24.3 Å². The SMILES string of the molecule is CCc1ccccc1NC(=O)[C@@H]1Nc2cc(C(F)(F)F)ccc2S(=O)(=O)N1. The molecule has 0 fully saturated rings. The molecule has 0 saturated heterocycles. The molecule has 0 saturated carbocycles. The molecule has 1 amide bonds. The van der Waals surface area contributed by atoms with Gasteiger partial charge in [-0.05, 0) is 36.2 Å². The zero-order valence-electron chi connectivity index (χ0n) is 14.1. The van der Waals surface area contributed by atoms with Crippen molar-refractivity contribution in [1.82, 2.24) is 4.72 Å². The number of benzene rings is 2. The van der Waals surface area contributed by atoms with E-state index in [1.165, 1.54) is 0 Å². The highest BCUT2D eigenvalue weighted by Crippen LogP contribution is 2.35. The van der Waals surface area contributed by atoms with Gasteiger partial charge in [0.2, 0.25) is 10.0 Å². The molecule has 6 nitrogen and oxygen atoms in total. The normalized spacial score (nSPS) is 18.3. The Bertz CT molecular complexity index is 990. The van der Waals surface area contributed by atoms with Gasteiger partial charge in [0.25, 0.3) is 5.91 Å². The smallest absolute Gasteiger partial charge is 0.360 e. The first-order valence-electron chi connectivity index (χ1n) is 8.00. The zero-order valence-corrected chi connectivity index (χ0v) is 14.9. The average molecular weight is 399 g/mol. The van der Waals surface area contributed by atoms with E-state index in [0.29, 0.717) is 24.2 Å². The van der Waals surface area contributed by atoms with E-state index in [1.807, 2.05) is 6.92 Å². The number of nitrogens with one attached hydrogen (secondary N) is 3. The molecule has 3 rings (SSSR count). The van der Waals surface area contributed by atoms with Crippen LogP contribution in [0.2, 0.25) is 0 Å². The third kappa shape index (κ3) is 3.91. The first kappa shape index (κ1) is 19.2. The number of hydrogen-bond donors (Lipinski definition) is 3. The van der Waals surface area contributed by atoms with E-state index in [9.17, 15) is 26.4 Å². The monoisotopic (exact) mass is 399 g/mol. The number of amides is 1. The maximum absolute atomic E-state index is 12.9. The summed E-state index contributed by atoms with van der Waals surface area (Å²) in [5.74, 6) is -0.734. The highest BCUT2D eigenvalue weighted by molar-refractivity contribution is 7.89. The quantitative estimate of drug-likeness (QED) is 0.741. The second-order valence-corrected chi connectivity index (χ2v) is 7.59. The van der Waals surface area contributed by atoms with Crippen molar-refractivity contribution in [2.75, 3.05) is 10.6 Å². The Morgan fingerprint density at radius 2 is 1.89 bits per heavy atom. The Morgan fingerprint density at radius 3 is 2.56 bits per heavy atom. The number of anilines is 2. The van der Waals surface area contributed by atoms with E-state index in [-0.39, 0.29) is 10.6 Å². The molecule has 27 heavy (non-hydrogen) atoms. The number of halogens is 3. The van der Waals surface area contributed by atoms with Crippen molar-refractivity contribution in [1.29, 1.82) is 0 Å². The highest BCUT2D eigenvalue weighted by atomic mass is 32.2. The number of carbonyl (C=O) groups excluding carboxylic acids is 1. The van der Waals surface area contributed by atoms with Crippen LogP contribution in [0, 0.1) is 0 Å². The Morgan fingerprint density at radius 1 is 1.19 bits per heavy atom. The molecule has 0 unspecified atom stereocenters. The lowest BCUT2D eigenvalue weighted by atomic mass is 10.1. The van der Waals surface area contributed by atoms with Crippen LogP contribution in [-0.2, 0) is 27.4 Å². The van der Waals surface area contributed by atoms with Crippen molar-refractivity contribution in [2.45, 2.75) is 30.6 Å². The molecular formula is C17H16F3N3O3S. The van der Waals surface area contributed by atoms with Crippen LogP contribution >= 0.6 is 0 Å². The van der Waals surface area contributed by atoms with Gasteiger partial charge >= 0.3 is 6.18 Å². The van der Waals surface area contributed by atoms with E-state index >= 15 is 0 Å². The molecule has 0 radical (unpaired) electrons. The van der Waals surface area contributed by atoms with Crippen LogP contribution < -0.4 is 15.4 Å². The predicted octanol–water partition coefficient (Wildman–Crippen LogP) is 2.94. The number of aryl methyl sites for hydroxylation is 1. The largest absolute Gasteiger partial charge is 0.416 e. The van der Waals surface area contributed by atoms with Gasteiger partial charge in [0.1, 0.15) is 4.90 Å². The minimum atomic E-state index is -4.64. The molecule has 0 spiro atoms. The molecule has 1 heterocycles. The Balaban J connectivity index is 1.90. The topological polar surface area (TPSA) is 87.3 Å². The molecule has 3 N–H and O–H groups in total. The second-order valence-electron chi connectivity index (χ2n) is 5.91. The molecule has 1 aliphatic heterocycles. The summed E-state index contributed by atoms with van der Waals surface area (Å²) in [6, 6.07) is 9.17. The van der Waals surface area contributed by atoms with E-state index in [0.717, 1.165) is 11.6 Å². The third-order valence-electron chi connectivity index (χ3n) is 4.09. The Labute approximate surface area is 153 Å². The van der Waals surface area contributed by atoms with Crippen LogP contribution in [0.4, 0.5) is 24.5 Å². The molecule has 0 aromatic heterocycles. The van der Waals surface area contributed by atoms with Crippen LogP contribution in [0.5, 0.6) is 0 Å². The fourth-order valence-electron chi connectivity index (χ4n) is 2.73. The summed E-state index contributed by atoms with van der Waals surface area (Å²) in [5, 5.41) is 5.11. The van der Waals surface area contributed by atoms with Gasteiger partial charge in [0, 0.05) is 5.69 Å². The van der Waals surface area contributed by atoms with Crippen LogP contribution in [-0.4, -0.2) is 20.5 Å². The van der Waals surface area contributed by atoms with Crippen molar-refractivity contribution in [2.24, 2.45) is 0 Å². The maximum atomic E-state index is 12.9. The summed E-state index contributed by atoms with van der Waals surface area (Å²) >= 11 is 0. The Kier molecular flexibility index (Phi) is 4.87. The van der Waals surface area contributed by atoms with Crippen LogP contribution in [0.3, 0.4) is 0 Å². The van der Waals surface area contributed by atoms with E-state index in [4.69, 9.17) is 0 Å². The van der Waals surface area contributed by atoms with E-state index < -0.39 is 33.8 Å². The van der Waals surface area contributed by atoms with Crippen molar-refractivity contribution in [3.8, 4) is 0 Å². The first-order valence-corrected chi connectivity index (χ1v) is 9.49. The molecule has 144 valence electrons. The molecular weight excluding hydrogens is 383 g/mol. The standard InChI is InChI=1S/C17H16F3N3O3S/c1-2-10-5-3-4-6-12(10)22-16(24)15-21-13-9-11(17(18,19)20)7-8-14(13)27(25,26)23-15/h3-9,15,21,23H,2H2,1H3,(H,22,24)/t15-/m1/s1. The van der Waals surface area contributed by atoms with Gasteiger partial charge in [-0.3, -0.25) is 4.79 Å². The summed E-state index contributed by atoms with van der Waals surface area (Å²) in [5.41, 5.74) is 0.0407. The lowest BCUT2D eigenvalue weighted by molar-refractivity contribution is -0.137. The van der Waals surface area contributed by atoms with Crippen LogP contribution in [0.15, 0.2) is 47.4 Å². The molecule has 10 heteroatoms. The number of carbonyl (C=O) groups is 1. The van der Waals surface area contributed by atoms with Crippen molar-refractivity contribution >= 4 is 27.3 Å². The molecule has 1 atom stereocenters. The van der Waals surface area contributed by atoms with Gasteiger partial charge in [-0.2, -0.15) is 17.9 Å². The summed E-state index contributed by atoms with van der Waals surface area (Å²) in [4.78, 5) is 12.1. The summed E-state index contributed by atoms with van der Waals surface area (Å²) in [6.07, 6.45) is -5.45. The lowest BCUT2D eigenvalue weighted by Crippen LogP contribution is -2.51. The van der Waals surface area contributed by atoms with Gasteiger partial charge in [0.15, 0.2) is 6.17 Å². The first-order chi connectivity index (χ1) is 12.6. The van der Waals surface area contributed by atoms with Crippen molar-refractivity contribution < 1.29 is 26.4 Å². The number of rotatable bonds is 3. The van der Waals surface area contributed by atoms with Crippen LogP contribution in [0.25, 0.3) is 0 Å². The summed E-state index contributed by atoms with van der Waals surface area (Å²) in [6.45, 7) is 1.89. The fraction of sp³-hybridized carbons (Fsp3) is 0.235. The third-order valence-corrected chi connectivity index (χ3v) is 5.57. The minimum absolute atomic E-state index is 0.285. The van der Waals surface area contributed by atoms with Crippen molar-refractivity contribution in [3.05, 3.63) is 53.6 Å². The zero-order chi connectivity index (χ0) is 19.8. The fourth-order valence-corrected chi connectivity index (χ4v) is 3.99. The molecule has 0 aliphatic carbocycles. The number of hydrogen-bond acceptors (Lipinski definition) is 4. The lowest BCUT2D eigenvalue weighted by Gasteiger charge is -2.28. The maximum Gasteiger partial charge on any atom is 0.416 e. The number of fused-ring (bicyclic) bond motifs is 1. The minimum Gasteiger partial charge on any atom is -0.360 e. The van der Waals surface area contributed by atoms with Crippen molar-refractivity contribution in [3.63, 3.8) is 0 Å².